The molecule has 0 spiro atoms. The number of nitrogens with zero attached hydrogens (tertiary/aromatic N) is 1. The number of carbonyl (C=O) groups excluding carboxylic acids is 2. The number of alkyl carbamates (subject to hydrolysis) is 1. The van der Waals surface area contributed by atoms with Gasteiger partial charge in [-0.15, -0.1) is 0 Å². The van der Waals surface area contributed by atoms with Gasteiger partial charge in [0.2, 0.25) is 0 Å². The molecule has 0 aliphatic heterocycles. The van der Waals surface area contributed by atoms with Crippen molar-refractivity contribution in [3.8, 4) is 0 Å². The molecule has 0 unspecified atom stereocenters. The van der Waals surface area contributed by atoms with Gasteiger partial charge >= 0.3 is 12.2 Å². The Morgan fingerprint density at radius 3 is 2.46 bits per heavy atom. The molecule has 7 nitrogen and oxygen atoms in total. The second-order valence-electron chi connectivity index (χ2n) is 7.04. The molecule has 0 radical (unpaired) electrons. The van der Waals surface area contributed by atoms with Crippen LogP contribution in [0, 0.1) is 0 Å². The van der Waals surface area contributed by atoms with Crippen LogP contribution in [0.25, 0.3) is 0 Å². The minimum Gasteiger partial charge on any atom is -0.445 e. The average molecular weight is 366 g/mol. The number of carbonyl (C=O) groups is 2. The third-order valence-corrected chi connectivity index (χ3v) is 3.47. The lowest BCUT2D eigenvalue weighted by Crippen LogP contribution is -2.47. The van der Waals surface area contributed by atoms with E-state index < -0.39 is 17.8 Å². The van der Waals surface area contributed by atoms with Gasteiger partial charge in [0.05, 0.1) is 0 Å². The number of aliphatic hydroxyl groups excluding tert-OH is 1. The molecule has 1 atom stereocenters. The number of nitrogens with one attached hydrogen (secondary N) is 1. The normalized spacial score (nSPS) is 12.2. The van der Waals surface area contributed by atoms with Gasteiger partial charge in [-0.05, 0) is 39.7 Å². The number of aliphatic hydroxyl groups is 1. The molecule has 2 amide bonds. The summed E-state index contributed by atoms with van der Waals surface area (Å²) in [5.41, 5.74) is 0.282. The molecule has 26 heavy (non-hydrogen) atoms. The Kier molecular flexibility index (Phi) is 8.92. The van der Waals surface area contributed by atoms with E-state index in [-0.39, 0.29) is 25.8 Å². The molecule has 0 aromatic heterocycles. The maximum absolute atomic E-state index is 12.3. The van der Waals surface area contributed by atoms with Crippen LogP contribution in [-0.2, 0) is 16.1 Å². The van der Waals surface area contributed by atoms with Crippen LogP contribution in [0.15, 0.2) is 30.3 Å². The molecular weight excluding hydrogens is 336 g/mol. The molecule has 2 N–H and O–H groups in total. The lowest BCUT2D eigenvalue weighted by molar-refractivity contribution is 0.0163. The summed E-state index contributed by atoms with van der Waals surface area (Å²) in [6, 6.07) is 9.07. The Hall–Kier alpha value is -2.28. The largest absolute Gasteiger partial charge is 0.445 e. The Bertz CT molecular complexity index is 557. The van der Waals surface area contributed by atoms with Gasteiger partial charge in [-0.25, -0.2) is 9.59 Å². The molecule has 0 aliphatic carbocycles. The molecule has 0 aliphatic rings. The van der Waals surface area contributed by atoms with Crippen molar-refractivity contribution in [1.82, 2.24) is 10.2 Å². The van der Waals surface area contributed by atoms with Crippen LogP contribution in [0.2, 0.25) is 0 Å². The van der Waals surface area contributed by atoms with Crippen molar-refractivity contribution >= 4 is 12.2 Å². The summed E-state index contributed by atoms with van der Waals surface area (Å²) in [6.45, 7) is 7.89. The maximum Gasteiger partial charge on any atom is 0.410 e. The molecule has 0 saturated heterocycles. The first kappa shape index (κ1) is 21.8. The topological polar surface area (TPSA) is 88.1 Å². The molecule has 1 rings (SSSR count). The molecule has 0 fully saturated rings. The van der Waals surface area contributed by atoms with Crippen molar-refractivity contribution in [3.63, 3.8) is 0 Å². The molecule has 146 valence electrons. The highest BCUT2D eigenvalue weighted by Gasteiger charge is 2.26. The zero-order chi connectivity index (χ0) is 19.6. The van der Waals surface area contributed by atoms with Crippen LogP contribution in [-0.4, -0.2) is 53.5 Å². The Labute approximate surface area is 155 Å². The number of amides is 2. The zero-order valence-electron chi connectivity index (χ0n) is 16.0. The van der Waals surface area contributed by atoms with Crippen LogP contribution in [0.3, 0.4) is 0 Å². The summed E-state index contributed by atoms with van der Waals surface area (Å²) < 4.78 is 10.5. The minimum absolute atomic E-state index is 0.0292. The zero-order valence-corrected chi connectivity index (χ0v) is 16.0. The van der Waals surface area contributed by atoms with E-state index in [0.717, 1.165) is 5.56 Å². The smallest absolute Gasteiger partial charge is 0.410 e. The van der Waals surface area contributed by atoms with Crippen molar-refractivity contribution in [2.45, 2.75) is 52.4 Å². The highest BCUT2D eigenvalue weighted by molar-refractivity contribution is 5.69. The number of rotatable bonds is 8. The summed E-state index contributed by atoms with van der Waals surface area (Å²) in [7, 11) is 0. The molecule has 7 heteroatoms. The molecule has 0 heterocycles. The van der Waals surface area contributed by atoms with E-state index in [0.29, 0.717) is 13.0 Å². The number of hydrogen-bond donors (Lipinski definition) is 2. The first-order valence-corrected chi connectivity index (χ1v) is 8.78. The van der Waals surface area contributed by atoms with E-state index in [4.69, 9.17) is 14.6 Å². The standard InChI is InChI=1S/C19H30N2O5/c1-15(21(11-8-12-22)18(24)26-19(2,3)4)13-20-17(23)25-14-16-9-6-5-7-10-16/h5-7,9-10,15,22H,8,11-14H2,1-4H3,(H,20,23)/t15-/m1/s1. The summed E-state index contributed by atoms with van der Waals surface area (Å²) in [5, 5.41) is 11.7. The first-order valence-electron chi connectivity index (χ1n) is 8.78. The molecule has 0 bridgehead atoms. The van der Waals surface area contributed by atoms with E-state index in [1.165, 1.54) is 4.90 Å². The number of ether oxygens (including phenoxy) is 2. The fourth-order valence-corrected chi connectivity index (χ4v) is 2.17. The van der Waals surface area contributed by atoms with Crippen LogP contribution in [0.5, 0.6) is 0 Å². The first-order chi connectivity index (χ1) is 12.2. The van der Waals surface area contributed by atoms with E-state index in [1.54, 1.807) is 27.7 Å². The van der Waals surface area contributed by atoms with Gasteiger partial charge < -0.3 is 24.8 Å². The highest BCUT2D eigenvalue weighted by atomic mass is 16.6. The van der Waals surface area contributed by atoms with Crippen molar-refractivity contribution in [1.29, 1.82) is 0 Å². The van der Waals surface area contributed by atoms with Crippen LogP contribution >= 0.6 is 0 Å². The molecule has 1 aromatic carbocycles. The van der Waals surface area contributed by atoms with Gasteiger partial charge in [-0.1, -0.05) is 30.3 Å². The lowest BCUT2D eigenvalue weighted by atomic mass is 10.2. The molecular formula is C19H30N2O5. The van der Waals surface area contributed by atoms with E-state index in [1.807, 2.05) is 30.3 Å². The van der Waals surface area contributed by atoms with E-state index in [2.05, 4.69) is 5.32 Å². The van der Waals surface area contributed by atoms with Crippen molar-refractivity contribution in [3.05, 3.63) is 35.9 Å². The van der Waals surface area contributed by atoms with Gasteiger partial charge in [0.15, 0.2) is 0 Å². The second kappa shape index (κ2) is 10.7. The third kappa shape index (κ3) is 8.71. The number of benzene rings is 1. The SMILES string of the molecule is C[C@H](CNC(=O)OCc1ccccc1)N(CCCO)C(=O)OC(C)(C)C. The van der Waals surface area contributed by atoms with Gasteiger partial charge in [-0.3, -0.25) is 0 Å². The Balaban J connectivity index is 2.50. The van der Waals surface area contributed by atoms with E-state index in [9.17, 15) is 9.59 Å². The predicted molar refractivity (Wildman–Crippen MR) is 98.7 cm³/mol. The van der Waals surface area contributed by atoms with Crippen molar-refractivity contribution in [2.24, 2.45) is 0 Å². The van der Waals surface area contributed by atoms with Crippen LogP contribution in [0.4, 0.5) is 9.59 Å². The average Bonchev–Trinajstić information content (AvgIpc) is 2.57. The fraction of sp³-hybridized carbons (Fsp3) is 0.579. The second-order valence-corrected chi connectivity index (χ2v) is 7.04. The van der Waals surface area contributed by atoms with Crippen LogP contribution < -0.4 is 5.32 Å². The third-order valence-electron chi connectivity index (χ3n) is 3.47. The van der Waals surface area contributed by atoms with E-state index >= 15 is 0 Å². The van der Waals surface area contributed by atoms with Gasteiger partial charge in [0.25, 0.3) is 0 Å². The minimum atomic E-state index is -0.615. The quantitative estimate of drug-likeness (QED) is 0.738. The molecule has 0 saturated carbocycles. The monoisotopic (exact) mass is 366 g/mol. The fourth-order valence-electron chi connectivity index (χ4n) is 2.17. The number of hydrogen-bond acceptors (Lipinski definition) is 5. The van der Waals surface area contributed by atoms with Gasteiger partial charge in [0, 0.05) is 25.7 Å². The van der Waals surface area contributed by atoms with Crippen molar-refractivity contribution < 1.29 is 24.2 Å². The summed E-state index contributed by atoms with van der Waals surface area (Å²) in [5.74, 6) is 0. The van der Waals surface area contributed by atoms with Gasteiger partial charge in [0.1, 0.15) is 12.2 Å². The van der Waals surface area contributed by atoms with Crippen molar-refractivity contribution in [2.75, 3.05) is 19.7 Å². The summed E-state index contributed by atoms with van der Waals surface area (Å²) >= 11 is 0. The maximum atomic E-state index is 12.3. The highest BCUT2D eigenvalue weighted by Crippen LogP contribution is 2.12. The van der Waals surface area contributed by atoms with Gasteiger partial charge in [-0.2, -0.15) is 0 Å². The molecule has 1 aromatic rings. The summed E-state index contributed by atoms with van der Waals surface area (Å²) in [4.78, 5) is 25.7. The Morgan fingerprint density at radius 1 is 1.23 bits per heavy atom. The lowest BCUT2D eigenvalue weighted by Gasteiger charge is -2.31. The predicted octanol–water partition coefficient (Wildman–Crippen LogP) is 2.92. The Morgan fingerprint density at radius 2 is 1.88 bits per heavy atom. The summed E-state index contributed by atoms with van der Waals surface area (Å²) in [6.07, 6.45) is -0.591. The van der Waals surface area contributed by atoms with Crippen LogP contribution in [0.1, 0.15) is 39.7 Å².